The summed E-state index contributed by atoms with van der Waals surface area (Å²) >= 11 is 0. The number of carbonyl (C=O) groups excluding carboxylic acids is 4. The summed E-state index contributed by atoms with van der Waals surface area (Å²) in [4.78, 5) is 58.1. The standard InChI is InChI=1S/C33H42FN5O9S2/c34-26-10-6-8-21-18-37(20-25(21)26)32(43)48-23-16-28-29(40)35-33(31(42)36-50(46,47)24-12-13-24)17-22(33)9-4-2-1-3-5-11-27(30(41)38(28)19-23)39-14-7-15-49(39,44)45/h4,6,8-10,22-24,27-28H,1-3,5,7,11-20H2,(H,35,40)(H,36,42)/b9-4-/t22-,23-,27+,28+,33-/m1/s1. The van der Waals surface area contributed by atoms with E-state index >= 15 is 0 Å². The van der Waals surface area contributed by atoms with E-state index in [1.165, 1.54) is 20.2 Å². The molecule has 0 aromatic heterocycles. The highest BCUT2D eigenvalue weighted by molar-refractivity contribution is 7.91. The van der Waals surface area contributed by atoms with Gasteiger partial charge in [-0.15, -0.1) is 0 Å². The van der Waals surface area contributed by atoms with Crippen LogP contribution in [0.1, 0.15) is 75.3 Å². The number of sulfonamides is 2. The van der Waals surface area contributed by atoms with Crippen LogP contribution in [0.2, 0.25) is 0 Å². The van der Waals surface area contributed by atoms with Gasteiger partial charge < -0.3 is 15.0 Å². The maximum atomic E-state index is 14.4. The molecule has 7 rings (SSSR count). The third kappa shape index (κ3) is 6.75. The average molecular weight is 736 g/mol. The lowest BCUT2D eigenvalue weighted by Gasteiger charge is -2.32. The summed E-state index contributed by atoms with van der Waals surface area (Å²) in [6.45, 7) is 0.0691. The normalized spacial score (nSPS) is 32.2. The first-order chi connectivity index (χ1) is 23.8. The Bertz CT molecular complexity index is 1840. The summed E-state index contributed by atoms with van der Waals surface area (Å²) in [7, 11) is -7.65. The van der Waals surface area contributed by atoms with Crippen LogP contribution in [0.4, 0.5) is 9.18 Å². The van der Waals surface area contributed by atoms with E-state index in [1.54, 1.807) is 12.1 Å². The Hall–Kier alpha value is -3.57. The van der Waals surface area contributed by atoms with E-state index in [0.717, 1.165) is 6.42 Å². The SMILES string of the molecule is O=C1N[C@]2(C(=O)NS(=O)(=O)C3CC3)C[C@H]2/C=C\CCCCC[C@H](N2CCCS2(=O)=O)C(=O)N2C[C@H](OC(=O)N3Cc4cccc(F)c4C3)C[C@@H]12. The number of rotatable bonds is 5. The maximum Gasteiger partial charge on any atom is 0.410 e. The fourth-order valence-corrected chi connectivity index (χ4v) is 10.8. The second kappa shape index (κ2) is 13.2. The first-order valence-electron chi connectivity index (χ1n) is 17.4. The Morgan fingerprint density at radius 2 is 1.84 bits per heavy atom. The molecule has 1 aromatic rings. The second-order valence-corrected chi connectivity index (χ2v) is 18.3. The van der Waals surface area contributed by atoms with Gasteiger partial charge in [0, 0.05) is 31.0 Å². The molecule has 17 heteroatoms. The highest BCUT2D eigenvalue weighted by atomic mass is 32.2. The van der Waals surface area contributed by atoms with E-state index in [1.807, 2.05) is 12.2 Å². The van der Waals surface area contributed by atoms with Gasteiger partial charge in [-0.25, -0.2) is 26.0 Å². The number of benzene rings is 1. The summed E-state index contributed by atoms with van der Waals surface area (Å²) in [6.07, 6.45) is 6.13. The van der Waals surface area contributed by atoms with Crippen LogP contribution in [0.15, 0.2) is 30.4 Å². The van der Waals surface area contributed by atoms with Gasteiger partial charge in [-0.1, -0.05) is 37.1 Å². The lowest BCUT2D eigenvalue weighted by atomic mass is 10.0. The number of nitrogens with zero attached hydrogens (tertiary/aromatic N) is 3. The van der Waals surface area contributed by atoms with Crippen molar-refractivity contribution in [2.75, 3.05) is 18.8 Å². The molecule has 2 saturated heterocycles. The summed E-state index contributed by atoms with van der Waals surface area (Å²) in [5.74, 6) is -3.19. The predicted octanol–water partition coefficient (Wildman–Crippen LogP) is 1.66. The summed E-state index contributed by atoms with van der Waals surface area (Å²) in [5, 5.41) is 2.11. The van der Waals surface area contributed by atoms with Crippen molar-refractivity contribution < 1.29 is 45.1 Å². The molecule has 0 spiro atoms. The highest BCUT2D eigenvalue weighted by Crippen LogP contribution is 2.46. The van der Waals surface area contributed by atoms with Gasteiger partial charge in [-0.3, -0.25) is 24.0 Å². The number of amides is 4. The molecule has 14 nitrogen and oxygen atoms in total. The molecule has 50 heavy (non-hydrogen) atoms. The van der Waals surface area contributed by atoms with Crippen LogP contribution in [0.25, 0.3) is 0 Å². The van der Waals surface area contributed by atoms with Gasteiger partial charge in [0.05, 0.1) is 24.1 Å². The van der Waals surface area contributed by atoms with Gasteiger partial charge in [-0.05, 0) is 56.6 Å². The Morgan fingerprint density at radius 3 is 2.56 bits per heavy atom. The molecule has 5 atom stereocenters. The Labute approximate surface area is 290 Å². The fraction of sp³-hybridized carbons (Fsp3) is 0.636. The molecule has 6 aliphatic rings. The monoisotopic (exact) mass is 735 g/mol. The number of fused-ring (bicyclic) bond motifs is 3. The van der Waals surface area contributed by atoms with E-state index in [2.05, 4.69) is 10.0 Å². The molecule has 2 saturated carbocycles. The summed E-state index contributed by atoms with van der Waals surface area (Å²) in [6, 6.07) is 2.27. The molecule has 0 radical (unpaired) electrons. The van der Waals surface area contributed by atoms with Crippen LogP contribution in [-0.2, 0) is 52.3 Å². The molecule has 0 bridgehead atoms. The van der Waals surface area contributed by atoms with Gasteiger partial charge in [0.25, 0.3) is 5.91 Å². The summed E-state index contributed by atoms with van der Waals surface area (Å²) in [5.41, 5.74) is -0.541. The van der Waals surface area contributed by atoms with E-state index in [0.29, 0.717) is 49.7 Å². The van der Waals surface area contributed by atoms with Gasteiger partial charge in [0.1, 0.15) is 29.5 Å². The third-order valence-corrected chi connectivity index (χ3v) is 14.5. The molecule has 2 aliphatic carbocycles. The lowest BCUT2D eigenvalue weighted by molar-refractivity contribution is -0.142. The summed E-state index contributed by atoms with van der Waals surface area (Å²) < 4.78 is 75.2. The van der Waals surface area contributed by atoms with Crippen LogP contribution < -0.4 is 10.0 Å². The molecule has 4 heterocycles. The molecule has 0 unspecified atom stereocenters. The first-order valence-corrected chi connectivity index (χ1v) is 20.5. The van der Waals surface area contributed by atoms with Crippen molar-refractivity contribution >= 4 is 43.9 Å². The van der Waals surface area contributed by atoms with E-state index < -0.39 is 84.6 Å². The number of hydrogen-bond donors (Lipinski definition) is 2. The van der Waals surface area contributed by atoms with Crippen LogP contribution in [0.3, 0.4) is 0 Å². The van der Waals surface area contributed by atoms with E-state index in [9.17, 15) is 40.4 Å². The Morgan fingerprint density at radius 1 is 1.04 bits per heavy atom. The van der Waals surface area contributed by atoms with Crippen LogP contribution in [0, 0.1) is 11.7 Å². The molecule has 4 aliphatic heterocycles. The van der Waals surface area contributed by atoms with Crippen LogP contribution in [0.5, 0.6) is 0 Å². The van der Waals surface area contributed by atoms with Crippen molar-refractivity contribution in [2.24, 2.45) is 5.92 Å². The minimum atomic E-state index is -3.93. The molecule has 2 N–H and O–H groups in total. The van der Waals surface area contributed by atoms with Gasteiger partial charge in [0.15, 0.2) is 0 Å². The smallest absolute Gasteiger partial charge is 0.410 e. The number of hydrogen-bond acceptors (Lipinski definition) is 9. The van der Waals surface area contributed by atoms with Crippen molar-refractivity contribution in [3.8, 4) is 0 Å². The third-order valence-electron chi connectivity index (χ3n) is 10.8. The lowest BCUT2D eigenvalue weighted by Crippen LogP contribution is -2.58. The van der Waals surface area contributed by atoms with Crippen molar-refractivity contribution in [1.82, 2.24) is 24.1 Å². The number of carbonyl (C=O) groups is 4. The number of ether oxygens (including phenoxy) is 1. The molecule has 272 valence electrons. The minimum absolute atomic E-state index is 0.00862. The molecule has 1 aromatic carbocycles. The van der Waals surface area contributed by atoms with Gasteiger partial charge in [-0.2, -0.15) is 4.31 Å². The quantitative estimate of drug-likeness (QED) is 0.426. The zero-order valence-corrected chi connectivity index (χ0v) is 29.2. The van der Waals surface area contributed by atoms with Crippen molar-refractivity contribution in [2.45, 2.75) is 106 Å². The number of halogens is 1. The Balaban J connectivity index is 1.16. The van der Waals surface area contributed by atoms with E-state index in [-0.39, 0.29) is 51.2 Å². The molecule has 4 fully saturated rings. The fourth-order valence-electron chi connectivity index (χ4n) is 7.70. The van der Waals surface area contributed by atoms with Crippen molar-refractivity contribution in [3.63, 3.8) is 0 Å². The molecule has 4 amide bonds. The number of allylic oxidation sites excluding steroid dienone is 1. The maximum absolute atomic E-state index is 14.4. The van der Waals surface area contributed by atoms with Gasteiger partial charge in [0.2, 0.25) is 31.9 Å². The minimum Gasteiger partial charge on any atom is -0.444 e. The second-order valence-electron chi connectivity index (χ2n) is 14.3. The van der Waals surface area contributed by atoms with Crippen LogP contribution >= 0.6 is 0 Å². The van der Waals surface area contributed by atoms with Gasteiger partial charge >= 0.3 is 6.09 Å². The largest absolute Gasteiger partial charge is 0.444 e. The molecular formula is C33H42FN5O9S2. The van der Waals surface area contributed by atoms with Crippen molar-refractivity contribution in [3.05, 3.63) is 47.3 Å². The van der Waals surface area contributed by atoms with Crippen molar-refractivity contribution in [1.29, 1.82) is 0 Å². The predicted molar refractivity (Wildman–Crippen MR) is 176 cm³/mol. The average Bonchev–Trinajstić information content (AvgIpc) is 3.90. The Kier molecular flexibility index (Phi) is 9.20. The zero-order valence-electron chi connectivity index (χ0n) is 27.6. The number of nitrogens with one attached hydrogen (secondary N) is 2. The topological polar surface area (TPSA) is 180 Å². The van der Waals surface area contributed by atoms with Crippen LogP contribution in [-0.4, -0.2) is 103 Å². The molecular weight excluding hydrogens is 694 g/mol. The highest BCUT2D eigenvalue weighted by Gasteiger charge is 2.62. The zero-order chi connectivity index (χ0) is 35.4. The van der Waals surface area contributed by atoms with E-state index in [4.69, 9.17) is 4.74 Å². The first kappa shape index (κ1) is 34.9.